The van der Waals surface area contributed by atoms with Gasteiger partial charge in [-0.3, -0.25) is 0 Å². The van der Waals surface area contributed by atoms with Gasteiger partial charge in [0.25, 0.3) is 0 Å². The quantitative estimate of drug-likeness (QED) is 0.466. The highest BCUT2D eigenvalue weighted by Gasteiger charge is 2.32. The average molecular weight is 379 g/mol. The second kappa shape index (κ2) is 11.6. The van der Waals surface area contributed by atoms with E-state index in [9.17, 15) is 10.2 Å². The van der Waals surface area contributed by atoms with Gasteiger partial charge in [0.15, 0.2) is 0 Å². The van der Waals surface area contributed by atoms with E-state index in [1.165, 1.54) is 25.7 Å². The van der Waals surface area contributed by atoms with Crippen LogP contribution in [0.25, 0.3) is 0 Å². The third-order valence-electron chi connectivity index (χ3n) is 5.90. The Bertz CT molecular complexity index is 543. The van der Waals surface area contributed by atoms with Crippen LogP contribution in [0, 0.1) is 5.92 Å². The number of hydrogen-bond acceptors (Lipinski definition) is 4. The van der Waals surface area contributed by atoms with E-state index in [2.05, 4.69) is 13.8 Å². The molecule has 1 aromatic carbocycles. The third kappa shape index (κ3) is 7.00. The Morgan fingerprint density at radius 1 is 1.15 bits per heavy atom. The zero-order chi connectivity index (χ0) is 19.6. The van der Waals surface area contributed by atoms with Crippen LogP contribution in [0.2, 0.25) is 0 Å². The number of unbranched alkanes of at least 4 members (excludes halogenated alkanes) is 3. The molecule has 0 spiro atoms. The molecule has 1 aliphatic carbocycles. The Kier molecular flexibility index (Phi) is 9.43. The Morgan fingerprint density at radius 2 is 1.96 bits per heavy atom. The van der Waals surface area contributed by atoms with Crippen molar-refractivity contribution in [3.05, 3.63) is 23.8 Å². The zero-order valence-electron chi connectivity index (χ0n) is 17.1. The maximum atomic E-state index is 10.6. The van der Waals surface area contributed by atoms with E-state index in [1.54, 1.807) is 6.07 Å². The minimum Gasteiger partial charge on any atom is -0.508 e. The minimum absolute atomic E-state index is 0.140. The van der Waals surface area contributed by atoms with Crippen molar-refractivity contribution in [1.29, 1.82) is 0 Å². The van der Waals surface area contributed by atoms with Gasteiger partial charge in [0, 0.05) is 12.7 Å². The molecular weight excluding hydrogens is 340 g/mol. The number of phenolic OH excluding ortho intramolecular Hbond substituents is 1. The van der Waals surface area contributed by atoms with E-state index >= 15 is 0 Å². The first-order valence-electron chi connectivity index (χ1n) is 10.8. The van der Waals surface area contributed by atoms with Gasteiger partial charge in [-0.05, 0) is 75.3 Å². The fraction of sp³-hybridized carbons (Fsp3) is 0.739. The highest BCUT2D eigenvalue weighted by atomic mass is 16.5. The summed E-state index contributed by atoms with van der Waals surface area (Å²) in [4.78, 5) is 0. The summed E-state index contributed by atoms with van der Waals surface area (Å²) in [6.45, 7) is 4.49. The van der Waals surface area contributed by atoms with E-state index in [0.717, 1.165) is 37.7 Å². The molecule has 4 unspecified atom stereocenters. The van der Waals surface area contributed by atoms with E-state index in [0.29, 0.717) is 18.1 Å². The minimum atomic E-state index is -0.307. The molecule has 4 atom stereocenters. The lowest BCUT2D eigenvalue weighted by molar-refractivity contribution is 0.0879. The highest BCUT2D eigenvalue weighted by molar-refractivity contribution is 5.42. The SMILES string of the molecule is CCCCCCC(C)Oc1ccc(C2CC(O)CCC2CCCO)c(O)c1. The molecular formula is C23H38O4. The summed E-state index contributed by atoms with van der Waals surface area (Å²) in [6.07, 6.45) is 9.92. The van der Waals surface area contributed by atoms with Crippen LogP contribution in [0.15, 0.2) is 18.2 Å². The van der Waals surface area contributed by atoms with Gasteiger partial charge >= 0.3 is 0 Å². The number of ether oxygens (including phenoxy) is 1. The summed E-state index contributed by atoms with van der Waals surface area (Å²) in [5, 5.41) is 29.9. The summed E-state index contributed by atoms with van der Waals surface area (Å²) >= 11 is 0. The van der Waals surface area contributed by atoms with Gasteiger partial charge in [0.05, 0.1) is 12.2 Å². The summed E-state index contributed by atoms with van der Waals surface area (Å²) in [5.41, 5.74) is 0.902. The first-order chi connectivity index (χ1) is 13.0. The second-order valence-corrected chi connectivity index (χ2v) is 8.20. The first-order valence-corrected chi connectivity index (χ1v) is 10.8. The van der Waals surface area contributed by atoms with Crippen molar-refractivity contribution in [2.45, 2.75) is 96.2 Å². The van der Waals surface area contributed by atoms with E-state index in [4.69, 9.17) is 9.84 Å². The Labute approximate surface area is 164 Å². The molecule has 1 fully saturated rings. The highest BCUT2D eigenvalue weighted by Crippen LogP contribution is 2.44. The molecule has 0 saturated heterocycles. The molecule has 0 heterocycles. The number of aromatic hydroxyl groups is 1. The summed E-state index contributed by atoms with van der Waals surface area (Å²) in [6, 6.07) is 5.63. The molecule has 0 radical (unpaired) electrons. The molecule has 1 aliphatic rings. The summed E-state index contributed by atoms with van der Waals surface area (Å²) in [5.74, 6) is 1.51. The van der Waals surface area contributed by atoms with Gasteiger partial charge in [-0.15, -0.1) is 0 Å². The standard InChI is InChI=1S/C23H38O4/c1-3-4-5-6-8-17(2)27-20-12-13-21(23(26)16-20)22-15-19(25)11-10-18(22)9-7-14-24/h12-13,16-19,22,24-26H,3-11,14-15H2,1-2H3. The molecule has 4 heteroatoms. The van der Waals surface area contributed by atoms with Crippen molar-refractivity contribution in [3.63, 3.8) is 0 Å². The molecule has 1 saturated carbocycles. The number of phenols is 1. The number of aliphatic hydroxyl groups is 2. The number of hydrogen-bond donors (Lipinski definition) is 3. The third-order valence-corrected chi connectivity index (χ3v) is 5.90. The molecule has 0 bridgehead atoms. The van der Waals surface area contributed by atoms with Gasteiger partial charge in [-0.25, -0.2) is 0 Å². The molecule has 4 nitrogen and oxygen atoms in total. The molecule has 2 rings (SSSR count). The number of aliphatic hydroxyl groups excluding tert-OH is 2. The van der Waals surface area contributed by atoms with Crippen LogP contribution >= 0.6 is 0 Å². The van der Waals surface area contributed by atoms with Gasteiger partial charge in [0.1, 0.15) is 11.5 Å². The Hall–Kier alpha value is -1.26. The average Bonchev–Trinajstić information content (AvgIpc) is 2.64. The predicted molar refractivity (Wildman–Crippen MR) is 109 cm³/mol. The van der Waals surface area contributed by atoms with Crippen molar-refractivity contribution in [2.75, 3.05) is 6.61 Å². The maximum Gasteiger partial charge on any atom is 0.123 e. The molecule has 154 valence electrons. The van der Waals surface area contributed by atoms with Crippen molar-refractivity contribution >= 4 is 0 Å². The smallest absolute Gasteiger partial charge is 0.123 e. The van der Waals surface area contributed by atoms with Crippen LogP contribution in [0.1, 0.15) is 89.5 Å². The fourth-order valence-corrected chi connectivity index (χ4v) is 4.35. The lowest BCUT2D eigenvalue weighted by Crippen LogP contribution is -2.26. The molecule has 0 aromatic heterocycles. The van der Waals surface area contributed by atoms with Crippen molar-refractivity contribution < 1.29 is 20.1 Å². The molecule has 27 heavy (non-hydrogen) atoms. The second-order valence-electron chi connectivity index (χ2n) is 8.20. The van der Waals surface area contributed by atoms with E-state index < -0.39 is 0 Å². The fourth-order valence-electron chi connectivity index (χ4n) is 4.35. The van der Waals surface area contributed by atoms with Crippen LogP contribution in [0.3, 0.4) is 0 Å². The van der Waals surface area contributed by atoms with Crippen LogP contribution < -0.4 is 4.74 Å². The maximum absolute atomic E-state index is 10.6. The largest absolute Gasteiger partial charge is 0.508 e. The lowest BCUT2D eigenvalue weighted by Gasteiger charge is -2.35. The molecule has 3 N–H and O–H groups in total. The summed E-state index contributed by atoms with van der Waals surface area (Å²) in [7, 11) is 0. The Morgan fingerprint density at radius 3 is 2.67 bits per heavy atom. The zero-order valence-corrected chi connectivity index (χ0v) is 17.1. The van der Waals surface area contributed by atoms with E-state index in [-0.39, 0.29) is 30.5 Å². The monoisotopic (exact) mass is 378 g/mol. The lowest BCUT2D eigenvalue weighted by atomic mass is 9.72. The van der Waals surface area contributed by atoms with Crippen molar-refractivity contribution in [3.8, 4) is 11.5 Å². The molecule has 0 aliphatic heterocycles. The van der Waals surface area contributed by atoms with Crippen LogP contribution in [0.5, 0.6) is 11.5 Å². The molecule has 1 aromatic rings. The van der Waals surface area contributed by atoms with Gasteiger partial charge in [-0.1, -0.05) is 32.3 Å². The predicted octanol–water partition coefficient (Wildman–Crippen LogP) is 5.15. The van der Waals surface area contributed by atoms with Crippen molar-refractivity contribution in [2.24, 2.45) is 5.92 Å². The first kappa shape index (κ1) is 22.0. The topological polar surface area (TPSA) is 69.9 Å². The van der Waals surface area contributed by atoms with Gasteiger partial charge in [0.2, 0.25) is 0 Å². The van der Waals surface area contributed by atoms with Crippen LogP contribution in [0.4, 0.5) is 0 Å². The molecule has 0 amide bonds. The Balaban J connectivity index is 1.99. The normalized spacial score (nSPS) is 23.9. The van der Waals surface area contributed by atoms with Gasteiger partial charge in [-0.2, -0.15) is 0 Å². The van der Waals surface area contributed by atoms with E-state index in [1.807, 2.05) is 12.1 Å². The number of benzene rings is 1. The number of rotatable bonds is 11. The van der Waals surface area contributed by atoms with Gasteiger partial charge < -0.3 is 20.1 Å². The van der Waals surface area contributed by atoms with Crippen LogP contribution in [-0.4, -0.2) is 34.1 Å². The van der Waals surface area contributed by atoms with Crippen LogP contribution in [-0.2, 0) is 0 Å². The summed E-state index contributed by atoms with van der Waals surface area (Å²) < 4.78 is 5.99. The van der Waals surface area contributed by atoms with Crippen molar-refractivity contribution in [1.82, 2.24) is 0 Å².